The molecular weight excluding hydrogens is 529 g/mol. The molecule has 11 heteroatoms. The van der Waals surface area contributed by atoms with Crippen LogP contribution in [0.2, 0.25) is 0 Å². The van der Waals surface area contributed by atoms with E-state index in [1.54, 1.807) is 23.1 Å². The molecule has 196 valence electrons. The maximum absolute atomic E-state index is 13.2. The number of benzene rings is 2. The highest BCUT2D eigenvalue weighted by Crippen LogP contribution is 2.41. The predicted molar refractivity (Wildman–Crippen MR) is 141 cm³/mol. The van der Waals surface area contributed by atoms with Crippen LogP contribution < -0.4 is 5.32 Å². The van der Waals surface area contributed by atoms with E-state index in [4.69, 9.17) is 0 Å². The third-order valence-corrected chi connectivity index (χ3v) is 8.79. The first kappa shape index (κ1) is 26.1. The molecule has 0 saturated carbocycles. The van der Waals surface area contributed by atoms with Gasteiger partial charge in [-0.15, -0.1) is 23.5 Å². The minimum atomic E-state index is -1.26. The first-order valence-corrected chi connectivity index (χ1v) is 14.0. The Kier molecular flexibility index (Phi) is 7.57. The van der Waals surface area contributed by atoms with Crippen LogP contribution in [0.5, 0.6) is 0 Å². The van der Waals surface area contributed by atoms with E-state index < -0.39 is 23.3 Å². The molecule has 0 aliphatic carbocycles. The molecule has 0 unspecified atom stereocenters. The van der Waals surface area contributed by atoms with Gasteiger partial charge in [0.25, 0.3) is 5.91 Å². The number of hydrogen-bond donors (Lipinski definition) is 2. The standard InChI is InChI=1S/C27H24FN3O5S2/c28-19-8-6-16(7-9-19)13-30-11-10-17(24(30)33)12-18-14-38-26-22(25(34)31(26)23(18)27(35)36)29-21(32)15-37-20-4-2-1-3-5-20/h1-9,12,22,26H,10-11,13-15H2,(H,29,32)(H,35,36)/t22-,26-/m1/s1. The number of thioether (sulfide) groups is 2. The van der Waals surface area contributed by atoms with Gasteiger partial charge < -0.3 is 15.3 Å². The molecule has 2 atom stereocenters. The molecule has 38 heavy (non-hydrogen) atoms. The molecule has 0 aromatic heterocycles. The summed E-state index contributed by atoms with van der Waals surface area (Å²) >= 11 is 2.71. The largest absolute Gasteiger partial charge is 0.477 e. The van der Waals surface area contributed by atoms with E-state index in [0.717, 1.165) is 10.5 Å². The van der Waals surface area contributed by atoms with Gasteiger partial charge in [-0.05, 0) is 47.9 Å². The van der Waals surface area contributed by atoms with Crippen molar-refractivity contribution >= 4 is 47.2 Å². The summed E-state index contributed by atoms with van der Waals surface area (Å²) in [6, 6.07) is 14.5. The average Bonchev–Trinajstić information content (AvgIpc) is 3.25. The summed E-state index contributed by atoms with van der Waals surface area (Å²) in [4.78, 5) is 54.3. The van der Waals surface area contributed by atoms with Crippen LogP contribution in [0.4, 0.5) is 4.39 Å². The lowest BCUT2D eigenvalue weighted by Crippen LogP contribution is -2.70. The summed E-state index contributed by atoms with van der Waals surface area (Å²) in [6.07, 6.45) is 2.02. The van der Waals surface area contributed by atoms with E-state index in [9.17, 15) is 28.7 Å². The molecule has 3 aliphatic rings. The van der Waals surface area contributed by atoms with Gasteiger partial charge in [-0.25, -0.2) is 9.18 Å². The number of β-lactam (4-membered cyclic amide) rings is 1. The van der Waals surface area contributed by atoms with Crippen molar-refractivity contribution in [3.05, 3.63) is 88.9 Å². The van der Waals surface area contributed by atoms with Crippen LogP contribution in [0.15, 0.2) is 82.4 Å². The molecule has 3 amide bonds. The van der Waals surface area contributed by atoms with E-state index in [1.165, 1.54) is 40.6 Å². The van der Waals surface area contributed by atoms with E-state index >= 15 is 0 Å². The highest BCUT2D eigenvalue weighted by molar-refractivity contribution is 8.00. The van der Waals surface area contributed by atoms with Gasteiger partial charge in [0, 0.05) is 29.3 Å². The van der Waals surface area contributed by atoms with Crippen LogP contribution in [-0.2, 0) is 25.7 Å². The van der Waals surface area contributed by atoms with Crippen molar-refractivity contribution in [2.75, 3.05) is 18.1 Å². The molecule has 2 fully saturated rings. The maximum Gasteiger partial charge on any atom is 0.352 e. The van der Waals surface area contributed by atoms with Crippen LogP contribution in [-0.4, -0.2) is 68.1 Å². The normalized spacial score (nSPS) is 22.0. The number of rotatable bonds is 8. The van der Waals surface area contributed by atoms with Crippen LogP contribution in [0.25, 0.3) is 0 Å². The van der Waals surface area contributed by atoms with Crippen molar-refractivity contribution in [1.29, 1.82) is 0 Å². The van der Waals surface area contributed by atoms with Crippen molar-refractivity contribution in [3.8, 4) is 0 Å². The fourth-order valence-corrected chi connectivity index (χ4v) is 6.64. The number of nitrogens with one attached hydrogen (secondary N) is 1. The number of amides is 3. The molecule has 5 rings (SSSR count). The minimum absolute atomic E-state index is 0.140. The lowest BCUT2D eigenvalue weighted by Gasteiger charge is -2.49. The lowest BCUT2D eigenvalue weighted by atomic mass is 10.0. The number of hydrogen-bond acceptors (Lipinski definition) is 6. The first-order chi connectivity index (χ1) is 18.3. The predicted octanol–water partition coefficient (Wildman–Crippen LogP) is 3.02. The SMILES string of the molecule is O=C(CSc1ccccc1)N[C@@H]1C(=O)N2C(C(=O)O)=C(C=C3CCN(Cc4ccc(F)cc4)C3=O)CS[C@H]12. The van der Waals surface area contributed by atoms with Crippen LogP contribution in [0, 0.1) is 5.82 Å². The molecule has 8 nitrogen and oxygen atoms in total. The number of carbonyl (C=O) groups is 4. The Morgan fingerprint density at radius 3 is 2.58 bits per heavy atom. The van der Waals surface area contributed by atoms with Gasteiger partial charge in [0.05, 0.1) is 5.75 Å². The smallest absolute Gasteiger partial charge is 0.352 e. The number of allylic oxidation sites excluding steroid dienone is 1. The Bertz CT molecular complexity index is 1350. The molecule has 2 aromatic carbocycles. The van der Waals surface area contributed by atoms with E-state index in [2.05, 4.69) is 5.32 Å². The van der Waals surface area contributed by atoms with Gasteiger partial charge in [-0.2, -0.15) is 0 Å². The highest BCUT2D eigenvalue weighted by atomic mass is 32.2. The van der Waals surface area contributed by atoms with Crippen LogP contribution in [0.1, 0.15) is 12.0 Å². The van der Waals surface area contributed by atoms with Gasteiger partial charge in [0.2, 0.25) is 11.8 Å². The molecule has 2 saturated heterocycles. The van der Waals surface area contributed by atoms with Gasteiger partial charge in [0.1, 0.15) is 22.9 Å². The first-order valence-electron chi connectivity index (χ1n) is 11.9. The molecule has 0 spiro atoms. The number of nitrogens with zero attached hydrogens (tertiary/aromatic N) is 2. The Hall–Kier alpha value is -3.57. The second-order valence-electron chi connectivity index (χ2n) is 9.01. The molecule has 2 N–H and O–H groups in total. The quantitative estimate of drug-likeness (QED) is 0.294. The molecule has 0 radical (unpaired) electrons. The molecular formula is C27H24FN3O5S2. The Morgan fingerprint density at radius 1 is 1.13 bits per heavy atom. The summed E-state index contributed by atoms with van der Waals surface area (Å²) in [5.41, 5.74) is 1.50. The van der Waals surface area contributed by atoms with Crippen molar-refractivity contribution in [1.82, 2.24) is 15.1 Å². The molecule has 2 aromatic rings. The van der Waals surface area contributed by atoms with E-state index in [0.29, 0.717) is 30.7 Å². The Balaban J connectivity index is 1.25. The fraction of sp³-hybridized carbons (Fsp3) is 0.259. The topological polar surface area (TPSA) is 107 Å². The highest BCUT2D eigenvalue weighted by Gasteiger charge is 2.54. The minimum Gasteiger partial charge on any atom is -0.477 e. The Labute approximate surface area is 226 Å². The van der Waals surface area contributed by atoms with E-state index in [-0.39, 0.29) is 34.8 Å². The molecule has 3 aliphatic heterocycles. The number of halogens is 1. The maximum atomic E-state index is 13.2. The molecule has 0 bridgehead atoms. The number of carboxylic acid groups (broad SMARTS) is 1. The second-order valence-corrected chi connectivity index (χ2v) is 11.2. The second kappa shape index (κ2) is 11.0. The van der Waals surface area contributed by atoms with Crippen LogP contribution >= 0.6 is 23.5 Å². The summed E-state index contributed by atoms with van der Waals surface area (Å²) in [7, 11) is 0. The van der Waals surface area contributed by atoms with Crippen molar-refractivity contribution in [2.24, 2.45) is 0 Å². The summed E-state index contributed by atoms with van der Waals surface area (Å²) < 4.78 is 13.2. The number of carbonyl (C=O) groups excluding carboxylic acids is 3. The lowest BCUT2D eigenvalue weighted by molar-refractivity contribution is -0.150. The van der Waals surface area contributed by atoms with Gasteiger partial charge >= 0.3 is 5.97 Å². The Morgan fingerprint density at radius 2 is 1.87 bits per heavy atom. The van der Waals surface area contributed by atoms with Gasteiger partial charge in [0.15, 0.2) is 0 Å². The van der Waals surface area contributed by atoms with Crippen LogP contribution in [0.3, 0.4) is 0 Å². The average molecular weight is 554 g/mol. The fourth-order valence-electron chi connectivity index (χ4n) is 4.61. The summed E-state index contributed by atoms with van der Waals surface area (Å²) in [5.74, 6) is -2.18. The van der Waals surface area contributed by atoms with Crippen molar-refractivity contribution < 1.29 is 28.7 Å². The zero-order chi connectivity index (χ0) is 26.8. The monoisotopic (exact) mass is 553 g/mol. The van der Waals surface area contributed by atoms with Crippen molar-refractivity contribution in [2.45, 2.75) is 29.3 Å². The third-order valence-electron chi connectivity index (χ3n) is 6.48. The number of fused-ring (bicyclic) bond motifs is 1. The summed E-state index contributed by atoms with van der Waals surface area (Å²) in [5, 5.41) is 12.1. The molecule has 3 heterocycles. The zero-order valence-electron chi connectivity index (χ0n) is 20.1. The third kappa shape index (κ3) is 5.34. The summed E-state index contributed by atoms with van der Waals surface area (Å²) in [6.45, 7) is 0.790. The zero-order valence-corrected chi connectivity index (χ0v) is 21.8. The van der Waals surface area contributed by atoms with E-state index in [1.807, 2.05) is 30.3 Å². The van der Waals surface area contributed by atoms with Gasteiger partial charge in [-0.3, -0.25) is 19.3 Å². The number of aliphatic carboxylic acids is 1. The van der Waals surface area contributed by atoms with Gasteiger partial charge in [-0.1, -0.05) is 30.3 Å². The number of carboxylic acids is 1. The van der Waals surface area contributed by atoms with Crippen molar-refractivity contribution in [3.63, 3.8) is 0 Å². The number of likely N-dealkylation sites (tertiary alicyclic amines) is 1.